The summed E-state index contributed by atoms with van der Waals surface area (Å²) in [5.41, 5.74) is 0.741. The molecular weight excluding hydrogens is 248 g/mol. The molecule has 1 aliphatic carbocycles. The Morgan fingerprint density at radius 3 is 2.58 bits per heavy atom. The summed E-state index contributed by atoms with van der Waals surface area (Å²) in [4.78, 5) is 23.9. The Hall–Kier alpha value is -2.30. The summed E-state index contributed by atoms with van der Waals surface area (Å²) in [5, 5.41) is 0.556. The van der Waals surface area contributed by atoms with Crippen molar-refractivity contribution in [3.05, 3.63) is 33.7 Å². The van der Waals surface area contributed by atoms with Crippen LogP contribution in [-0.2, 0) is 6.42 Å². The average Bonchev–Trinajstić information content (AvgIpc) is 2.80. The van der Waals surface area contributed by atoms with Crippen LogP contribution in [0.5, 0.6) is 11.5 Å². The topological polar surface area (TPSA) is 65.7 Å². The molecule has 0 atom stereocenters. The Kier molecular flexibility index (Phi) is 2.55. The standard InChI is InChI=1S/C14H12O5/c1-17-7-5-10(18-2)13-11(6-7)19-14(16)8-3-4-9(15)12(8)13/h5-6H,3-4H2,1-2H3. The fraction of sp³-hybridized carbons (Fsp3) is 0.286. The zero-order valence-corrected chi connectivity index (χ0v) is 10.6. The lowest BCUT2D eigenvalue weighted by atomic mass is 10.1. The predicted molar refractivity (Wildman–Crippen MR) is 68.2 cm³/mol. The van der Waals surface area contributed by atoms with Gasteiger partial charge in [-0.3, -0.25) is 4.79 Å². The van der Waals surface area contributed by atoms with Crippen molar-refractivity contribution < 1.29 is 18.7 Å². The highest BCUT2D eigenvalue weighted by molar-refractivity contribution is 6.12. The van der Waals surface area contributed by atoms with Gasteiger partial charge in [0.05, 0.1) is 19.6 Å². The number of carbonyl (C=O) groups excluding carboxylic acids is 1. The Labute approximate surface area is 108 Å². The van der Waals surface area contributed by atoms with Gasteiger partial charge in [0, 0.05) is 29.7 Å². The molecule has 0 aliphatic heterocycles. The van der Waals surface area contributed by atoms with Gasteiger partial charge in [0.15, 0.2) is 5.78 Å². The molecule has 0 saturated heterocycles. The van der Waals surface area contributed by atoms with E-state index in [4.69, 9.17) is 13.9 Å². The van der Waals surface area contributed by atoms with Gasteiger partial charge in [0.2, 0.25) is 0 Å². The van der Waals surface area contributed by atoms with E-state index < -0.39 is 5.63 Å². The third kappa shape index (κ3) is 1.62. The van der Waals surface area contributed by atoms with Crippen LogP contribution in [0.4, 0.5) is 0 Å². The first-order valence-electron chi connectivity index (χ1n) is 5.90. The van der Waals surface area contributed by atoms with Gasteiger partial charge in [-0.2, -0.15) is 0 Å². The number of ether oxygens (including phenoxy) is 2. The van der Waals surface area contributed by atoms with Crippen LogP contribution in [0.2, 0.25) is 0 Å². The number of hydrogen-bond donors (Lipinski definition) is 0. The summed E-state index contributed by atoms with van der Waals surface area (Å²) in [5.74, 6) is 0.943. The number of benzene rings is 1. The number of fused-ring (bicyclic) bond motifs is 3. The van der Waals surface area contributed by atoms with Crippen molar-refractivity contribution in [2.45, 2.75) is 12.8 Å². The molecule has 1 heterocycles. The Morgan fingerprint density at radius 1 is 1.11 bits per heavy atom. The van der Waals surface area contributed by atoms with Crippen LogP contribution in [0.1, 0.15) is 22.3 Å². The molecule has 5 heteroatoms. The van der Waals surface area contributed by atoms with E-state index in [1.54, 1.807) is 12.1 Å². The van der Waals surface area contributed by atoms with Crippen molar-refractivity contribution >= 4 is 16.8 Å². The third-order valence-electron chi connectivity index (χ3n) is 3.38. The van der Waals surface area contributed by atoms with Crippen LogP contribution in [-0.4, -0.2) is 20.0 Å². The minimum absolute atomic E-state index is 0.0450. The zero-order valence-electron chi connectivity index (χ0n) is 10.6. The minimum atomic E-state index is -0.455. The maximum atomic E-state index is 12.0. The van der Waals surface area contributed by atoms with Crippen molar-refractivity contribution in [2.75, 3.05) is 14.2 Å². The maximum absolute atomic E-state index is 12.0. The second-order valence-electron chi connectivity index (χ2n) is 4.37. The average molecular weight is 260 g/mol. The molecule has 0 N–H and O–H groups in total. The van der Waals surface area contributed by atoms with Crippen LogP contribution >= 0.6 is 0 Å². The molecule has 0 spiro atoms. The van der Waals surface area contributed by atoms with Gasteiger partial charge >= 0.3 is 5.63 Å². The number of methoxy groups -OCH3 is 2. The zero-order chi connectivity index (χ0) is 13.6. The fourth-order valence-corrected chi connectivity index (χ4v) is 2.48. The molecule has 0 radical (unpaired) electrons. The van der Waals surface area contributed by atoms with E-state index in [9.17, 15) is 9.59 Å². The summed E-state index contributed by atoms with van der Waals surface area (Å²) < 4.78 is 15.7. The highest BCUT2D eigenvalue weighted by Crippen LogP contribution is 2.36. The van der Waals surface area contributed by atoms with Crippen molar-refractivity contribution in [1.29, 1.82) is 0 Å². The van der Waals surface area contributed by atoms with Gasteiger partial charge < -0.3 is 13.9 Å². The Morgan fingerprint density at radius 2 is 1.89 bits per heavy atom. The van der Waals surface area contributed by atoms with Crippen LogP contribution < -0.4 is 15.1 Å². The monoisotopic (exact) mass is 260 g/mol. The SMILES string of the molecule is COc1cc(OC)c2c3c(c(=O)oc2c1)CCC3=O. The number of rotatable bonds is 2. The second-order valence-corrected chi connectivity index (χ2v) is 4.37. The van der Waals surface area contributed by atoms with E-state index in [-0.39, 0.29) is 5.78 Å². The molecule has 5 nitrogen and oxygen atoms in total. The molecule has 1 aliphatic rings. The highest BCUT2D eigenvalue weighted by Gasteiger charge is 2.28. The predicted octanol–water partition coefficient (Wildman–Crippen LogP) is 1.94. The molecule has 0 unspecified atom stereocenters. The normalized spacial score (nSPS) is 13.7. The quantitative estimate of drug-likeness (QED) is 0.772. The molecular formula is C14H12O5. The summed E-state index contributed by atoms with van der Waals surface area (Å²) in [7, 11) is 3.02. The Bertz CT molecular complexity index is 742. The molecule has 3 rings (SSSR count). The number of carbonyl (C=O) groups is 1. The molecule has 1 aromatic carbocycles. The lowest BCUT2D eigenvalue weighted by molar-refractivity contribution is 0.0995. The lowest BCUT2D eigenvalue weighted by Crippen LogP contribution is -2.08. The molecule has 0 bridgehead atoms. The van der Waals surface area contributed by atoms with Crippen LogP contribution in [0, 0.1) is 0 Å². The fourth-order valence-electron chi connectivity index (χ4n) is 2.48. The van der Waals surface area contributed by atoms with E-state index in [0.717, 1.165) is 0 Å². The maximum Gasteiger partial charge on any atom is 0.340 e. The number of ketones is 1. The van der Waals surface area contributed by atoms with E-state index >= 15 is 0 Å². The summed E-state index contributed by atoms with van der Waals surface area (Å²) >= 11 is 0. The first-order chi connectivity index (χ1) is 9.15. The van der Waals surface area contributed by atoms with Gasteiger partial charge in [-0.05, 0) is 6.42 Å². The number of Topliss-reactive ketones (excluding diaryl/α,β-unsaturated/α-hetero) is 1. The second kappa shape index (κ2) is 4.12. The van der Waals surface area contributed by atoms with E-state index in [1.165, 1.54) is 14.2 Å². The highest BCUT2D eigenvalue weighted by atomic mass is 16.5. The molecule has 19 heavy (non-hydrogen) atoms. The smallest absolute Gasteiger partial charge is 0.340 e. The van der Waals surface area contributed by atoms with Gasteiger partial charge in [-0.1, -0.05) is 0 Å². The van der Waals surface area contributed by atoms with Crippen molar-refractivity contribution in [3.8, 4) is 11.5 Å². The summed E-state index contributed by atoms with van der Waals surface area (Å²) in [6, 6.07) is 3.26. The van der Waals surface area contributed by atoms with Crippen LogP contribution in [0.15, 0.2) is 21.3 Å². The van der Waals surface area contributed by atoms with Gasteiger partial charge in [-0.25, -0.2) is 4.79 Å². The summed E-state index contributed by atoms with van der Waals surface area (Å²) in [6.45, 7) is 0. The van der Waals surface area contributed by atoms with Crippen LogP contribution in [0.25, 0.3) is 11.0 Å². The van der Waals surface area contributed by atoms with Crippen molar-refractivity contribution in [3.63, 3.8) is 0 Å². The van der Waals surface area contributed by atoms with Gasteiger partial charge in [0.1, 0.15) is 17.1 Å². The first kappa shape index (κ1) is 11.8. The summed E-state index contributed by atoms with van der Waals surface area (Å²) in [6.07, 6.45) is 0.774. The van der Waals surface area contributed by atoms with Gasteiger partial charge in [0.25, 0.3) is 0 Å². The molecule has 1 aromatic heterocycles. The first-order valence-corrected chi connectivity index (χ1v) is 5.90. The molecule has 2 aromatic rings. The Balaban J connectivity index is 2.49. The number of hydrogen-bond acceptors (Lipinski definition) is 5. The lowest BCUT2D eigenvalue weighted by Gasteiger charge is -2.10. The molecule has 0 saturated carbocycles. The van der Waals surface area contributed by atoms with Crippen molar-refractivity contribution in [2.24, 2.45) is 0 Å². The molecule has 0 fully saturated rings. The minimum Gasteiger partial charge on any atom is -0.496 e. The van der Waals surface area contributed by atoms with Gasteiger partial charge in [-0.15, -0.1) is 0 Å². The molecule has 98 valence electrons. The van der Waals surface area contributed by atoms with E-state index in [1.807, 2.05) is 0 Å². The van der Waals surface area contributed by atoms with Crippen LogP contribution in [0.3, 0.4) is 0 Å². The van der Waals surface area contributed by atoms with Crippen molar-refractivity contribution in [1.82, 2.24) is 0 Å². The van der Waals surface area contributed by atoms with E-state index in [2.05, 4.69) is 0 Å². The molecule has 0 amide bonds. The largest absolute Gasteiger partial charge is 0.496 e. The van der Waals surface area contributed by atoms with E-state index in [0.29, 0.717) is 46.4 Å². The third-order valence-corrected chi connectivity index (χ3v) is 3.38.